The first kappa shape index (κ1) is 10.3. The van der Waals surface area contributed by atoms with E-state index in [2.05, 4.69) is 0 Å². The third kappa shape index (κ3) is 1.62. The monoisotopic (exact) mass is 197 g/mol. The van der Waals surface area contributed by atoms with E-state index in [-0.39, 0.29) is 17.1 Å². The Morgan fingerprint density at radius 3 is 2.36 bits per heavy atom. The molecule has 0 radical (unpaired) electrons. The quantitative estimate of drug-likeness (QED) is 0.512. The summed E-state index contributed by atoms with van der Waals surface area (Å²) in [5.41, 5.74) is 4.15. The number of phenolic OH excluding ortho intramolecular Hbond substituents is 2. The predicted octanol–water partition coefficient (Wildman–Crippen LogP) is 0.356. The highest BCUT2D eigenvalue weighted by Crippen LogP contribution is 2.29. The van der Waals surface area contributed by atoms with Gasteiger partial charge in [-0.3, -0.25) is 0 Å². The summed E-state index contributed by atoms with van der Waals surface area (Å²) in [5.74, 6) is -1.90. The van der Waals surface area contributed by atoms with Gasteiger partial charge in [0.25, 0.3) is 0 Å². The molecule has 1 atom stereocenters. The maximum absolute atomic E-state index is 10.7. The van der Waals surface area contributed by atoms with Gasteiger partial charge in [-0.1, -0.05) is 6.07 Å². The summed E-state index contributed by atoms with van der Waals surface area (Å²) in [6, 6.07) is 3.67. The van der Waals surface area contributed by atoms with Crippen molar-refractivity contribution in [1.29, 1.82) is 0 Å². The second-order valence-electron chi connectivity index (χ2n) is 3.21. The van der Waals surface area contributed by atoms with Crippen LogP contribution in [0.2, 0.25) is 0 Å². The van der Waals surface area contributed by atoms with Crippen LogP contribution in [0, 0.1) is 0 Å². The highest BCUT2D eigenvalue weighted by Gasteiger charge is 2.30. The maximum Gasteiger partial charge on any atom is 0.328 e. The van der Waals surface area contributed by atoms with E-state index >= 15 is 0 Å². The van der Waals surface area contributed by atoms with Crippen LogP contribution in [0.5, 0.6) is 11.5 Å². The maximum atomic E-state index is 10.7. The molecule has 0 aliphatic heterocycles. The van der Waals surface area contributed by atoms with Crippen molar-refractivity contribution in [3.63, 3.8) is 0 Å². The van der Waals surface area contributed by atoms with Gasteiger partial charge in [0.15, 0.2) is 11.5 Å². The van der Waals surface area contributed by atoms with Gasteiger partial charge in [-0.05, 0) is 24.6 Å². The van der Waals surface area contributed by atoms with Gasteiger partial charge in [0, 0.05) is 0 Å². The van der Waals surface area contributed by atoms with Gasteiger partial charge >= 0.3 is 5.97 Å². The summed E-state index contributed by atoms with van der Waals surface area (Å²) in [4.78, 5) is 10.7. The average molecular weight is 197 g/mol. The molecule has 5 nitrogen and oxygen atoms in total. The van der Waals surface area contributed by atoms with Crippen LogP contribution in [0.15, 0.2) is 18.2 Å². The van der Waals surface area contributed by atoms with Crippen molar-refractivity contribution in [3.05, 3.63) is 23.8 Å². The molecule has 1 unspecified atom stereocenters. The Hall–Kier alpha value is -1.75. The molecule has 14 heavy (non-hydrogen) atoms. The molecule has 0 saturated carbocycles. The molecule has 0 aliphatic carbocycles. The lowest BCUT2D eigenvalue weighted by atomic mass is 9.93. The van der Waals surface area contributed by atoms with Crippen LogP contribution in [0.25, 0.3) is 0 Å². The van der Waals surface area contributed by atoms with E-state index in [1.54, 1.807) is 0 Å². The molecule has 0 spiro atoms. The molecule has 0 fully saturated rings. The second-order valence-corrected chi connectivity index (χ2v) is 3.21. The number of benzene rings is 1. The SMILES string of the molecule is CC(N)(C(=O)O)c1ccc(O)c(O)c1. The number of hydrogen-bond acceptors (Lipinski definition) is 4. The normalized spacial score (nSPS) is 14.7. The molecule has 0 bridgehead atoms. The van der Waals surface area contributed by atoms with Gasteiger partial charge < -0.3 is 21.1 Å². The van der Waals surface area contributed by atoms with E-state index in [1.165, 1.54) is 19.1 Å². The lowest BCUT2D eigenvalue weighted by Crippen LogP contribution is -2.41. The zero-order chi connectivity index (χ0) is 10.9. The molecule has 1 aromatic rings. The standard InChI is InChI=1S/C9H11NO4/c1-9(10,8(13)14)5-2-3-6(11)7(12)4-5/h2-4,11-12H,10H2,1H3,(H,13,14). The van der Waals surface area contributed by atoms with E-state index < -0.39 is 11.5 Å². The van der Waals surface area contributed by atoms with E-state index in [4.69, 9.17) is 21.1 Å². The molecule has 0 aromatic heterocycles. The van der Waals surface area contributed by atoms with Crippen molar-refractivity contribution in [3.8, 4) is 11.5 Å². The number of aliphatic carboxylic acids is 1. The molecule has 76 valence electrons. The Balaban J connectivity index is 3.21. The number of hydrogen-bond donors (Lipinski definition) is 4. The highest BCUT2D eigenvalue weighted by molar-refractivity contribution is 5.80. The largest absolute Gasteiger partial charge is 0.504 e. The average Bonchev–Trinajstić information content (AvgIpc) is 2.09. The number of aromatic hydroxyl groups is 2. The highest BCUT2D eigenvalue weighted by atomic mass is 16.4. The fraction of sp³-hybridized carbons (Fsp3) is 0.222. The summed E-state index contributed by atoms with van der Waals surface area (Å²) in [6.45, 7) is 1.31. The van der Waals surface area contributed by atoms with E-state index in [0.717, 1.165) is 6.07 Å². The van der Waals surface area contributed by atoms with Crippen LogP contribution in [0.1, 0.15) is 12.5 Å². The first-order valence-corrected chi connectivity index (χ1v) is 3.90. The minimum atomic E-state index is -1.58. The van der Waals surface area contributed by atoms with Crippen molar-refractivity contribution in [2.24, 2.45) is 5.73 Å². The van der Waals surface area contributed by atoms with Crippen molar-refractivity contribution >= 4 is 5.97 Å². The fourth-order valence-electron chi connectivity index (χ4n) is 0.970. The third-order valence-corrected chi connectivity index (χ3v) is 2.02. The Bertz CT molecular complexity index is 373. The molecule has 0 heterocycles. The van der Waals surface area contributed by atoms with Gasteiger partial charge in [-0.15, -0.1) is 0 Å². The summed E-state index contributed by atoms with van der Waals surface area (Å²) in [6.07, 6.45) is 0. The third-order valence-electron chi connectivity index (χ3n) is 2.02. The molecule has 0 amide bonds. The molecular formula is C9H11NO4. The van der Waals surface area contributed by atoms with Crippen molar-refractivity contribution in [1.82, 2.24) is 0 Å². The summed E-state index contributed by atoms with van der Waals surface area (Å²) in [5, 5.41) is 26.9. The molecular weight excluding hydrogens is 186 g/mol. The molecule has 5 N–H and O–H groups in total. The van der Waals surface area contributed by atoms with Crippen LogP contribution >= 0.6 is 0 Å². The van der Waals surface area contributed by atoms with Crippen molar-refractivity contribution < 1.29 is 20.1 Å². The first-order chi connectivity index (χ1) is 6.35. The lowest BCUT2D eigenvalue weighted by Gasteiger charge is -2.19. The predicted molar refractivity (Wildman–Crippen MR) is 48.9 cm³/mol. The minimum Gasteiger partial charge on any atom is -0.504 e. The van der Waals surface area contributed by atoms with Gasteiger partial charge in [-0.25, -0.2) is 4.79 Å². The van der Waals surface area contributed by atoms with Gasteiger partial charge in [0.1, 0.15) is 5.54 Å². The van der Waals surface area contributed by atoms with Crippen molar-refractivity contribution in [2.75, 3.05) is 0 Å². The number of carbonyl (C=O) groups is 1. The molecule has 0 aliphatic rings. The molecule has 1 rings (SSSR count). The summed E-state index contributed by atoms with van der Waals surface area (Å²) < 4.78 is 0. The number of phenols is 2. The topological polar surface area (TPSA) is 104 Å². The summed E-state index contributed by atoms with van der Waals surface area (Å²) >= 11 is 0. The Labute approximate surface area is 80.4 Å². The zero-order valence-electron chi connectivity index (χ0n) is 7.56. The van der Waals surface area contributed by atoms with Crippen LogP contribution in [-0.4, -0.2) is 21.3 Å². The second kappa shape index (κ2) is 3.19. The number of rotatable bonds is 2. The Morgan fingerprint density at radius 2 is 1.93 bits per heavy atom. The molecule has 5 heteroatoms. The van der Waals surface area contributed by atoms with Crippen LogP contribution in [-0.2, 0) is 10.3 Å². The Morgan fingerprint density at radius 1 is 1.36 bits per heavy atom. The van der Waals surface area contributed by atoms with Crippen LogP contribution in [0.4, 0.5) is 0 Å². The number of nitrogens with two attached hydrogens (primary N) is 1. The fourth-order valence-corrected chi connectivity index (χ4v) is 0.970. The van der Waals surface area contributed by atoms with Crippen LogP contribution < -0.4 is 5.73 Å². The number of carboxylic acids is 1. The van der Waals surface area contributed by atoms with Gasteiger partial charge in [0.05, 0.1) is 0 Å². The number of carboxylic acid groups (broad SMARTS) is 1. The Kier molecular flexibility index (Phi) is 2.35. The lowest BCUT2D eigenvalue weighted by molar-refractivity contribution is -0.143. The summed E-state index contributed by atoms with van der Waals surface area (Å²) in [7, 11) is 0. The van der Waals surface area contributed by atoms with E-state index in [9.17, 15) is 4.79 Å². The van der Waals surface area contributed by atoms with E-state index in [1.807, 2.05) is 0 Å². The minimum absolute atomic E-state index is 0.223. The van der Waals surface area contributed by atoms with Gasteiger partial charge in [0.2, 0.25) is 0 Å². The van der Waals surface area contributed by atoms with Crippen LogP contribution in [0.3, 0.4) is 0 Å². The van der Waals surface area contributed by atoms with E-state index in [0.29, 0.717) is 0 Å². The smallest absolute Gasteiger partial charge is 0.328 e. The zero-order valence-corrected chi connectivity index (χ0v) is 7.56. The first-order valence-electron chi connectivity index (χ1n) is 3.90. The van der Waals surface area contributed by atoms with Gasteiger partial charge in [-0.2, -0.15) is 0 Å². The molecule has 0 saturated heterocycles. The molecule has 1 aromatic carbocycles. The van der Waals surface area contributed by atoms with Crippen molar-refractivity contribution in [2.45, 2.75) is 12.5 Å².